The molecule has 1 aliphatic rings. The lowest BCUT2D eigenvalue weighted by molar-refractivity contribution is -0.224. The molecule has 0 N–H and O–H groups in total. The van der Waals surface area contributed by atoms with Crippen molar-refractivity contribution in [1.82, 2.24) is 20.2 Å². The fourth-order valence-corrected chi connectivity index (χ4v) is 3.96. The van der Waals surface area contributed by atoms with Crippen LogP contribution in [0.5, 0.6) is 0 Å². The molecule has 3 aromatic carbocycles. The first-order valence-corrected chi connectivity index (χ1v) is 11.2. The Hall–Kier alpha value is -3.56. The summed E-state index contributed by atoms with van der Waals surface area (Å²) in [5.41, 5.74) is 2.33. The molecule has 1 aliphatic heterocycles. The molecule has 0 amide bonds. The fourth-order valence-electron chi connectivity index (χ4n) is 3.96. The second kappa shape index (κ2) is 9.59. The lowest BCUT2D eigenvalue weighted by Crippen LogP contribution is -2.55. The number of rotatable bonds is 8. The second-order valence-electron chi connectivity index (χ2n) is 8.62. The topological polar surface area (TPSA) is 62.1 Å². The third-order valence-corrected chi connectivity index (χ3v) is 5.93. The number of benzene rings is 3. The number of nitrogens with zero attached hydrogens (tertiary/aromatic N) is 4. The summed E-state index contributed by atoms with van der Waals surface area (Å²) in [5, 5.41) is 13.0. The Kier molecular flexibility index (Phi) is 6.36. The molecule has 1 saturated heterocycles. The van der Waals surface area contributed by atoms with Crippen LogP contribution in [0.1, 0.15) is 22.3 Å². The van der Waals surface area contributed by atoms with Crippen molar-refractivity contribution in [3.05, 3.63) is 101 Å². The van der Waals surface area contributed by atoms with Crippen LogP contribution < -0.4 is 0 Å². The van der Waals surface area contributed by atoms with E-state index in [0.717, 1.165) is 34.4 Å². The van der Waals surface area contributed by atoms with E-state index in [1.165, 1.54) is 16.9 Å². The minimum absolute atomic E-state index is 0.397. The van der Waals surface area contributed by atoms with E-state index in [0.29, 0.717) is 38.6 Å². The van der Waals surface area contributed by atoms with Gasteiger partial charge in [-0.3, -0.25) is 0 Å². The summed E-state index contributed by atoms with van der Waals surface area (Å²) in [6.07, 6.45) is -3.91. The summed E-state index contributed by atoms with van der Waals surface area (Å²) in [7, 11) is 0. The van der Waals surface area contributed by atoms with Gasteiger partial charge < -0.3 is 9.47 Å². The van der Waals surface area contributed by atoms with Crippen LogP contribution in [-0.4, -0.2) is 39.0 Å². The Labute approximate surface area is 200 Å². The van der Waals surface area contributed by atoms with Gasteiger partial charge in [0.25, 0.3) is 0 Å². The molecule has 0 bridgehead atoms. The average Bonchev–Trinajstić information content (AvgIpc) is 3.30. The van der Waals surface area contributed by atoms with Gasteiger partial charge in [0, 0.05) is 5.56 Å². The monoisotopic (exact) mass is 480 g/mol. The van der Waals surface area contributed by atoms with E-state index in [9.17, 15) is 13.2 Å². The van der Waals surface area contributed by atoms with E-state index in [1.807, 2.05) is 54.6 Å². The van der Waals surface area contributed by atoms with Crippen molar-refractivity contribution in [3.63, 3.8) is 0 Å². The molecule has 0 radical (unpaired) electrons. The van der Waals surface area contributed by atoms with Gasteiger partial charge in [-0.2, -0.15) is 18.0 Å². The van der Waals surface area contributed by atoms with Gasteiger partial charge in [-0.15, -0.1) is 10.2 Å². The number of ether oxygens (including phenoxy) is 2. The van der Waals surface area contributed by atoms with Gasteiger partial charge in [-0.25, -0.2) is 0 Å². The first kappa shape index (κ1) is 23.2. The van der Waals surface area contributed by atoms with Crippen LogP contribution in [0.2, 0.25) is 0 Å². The second-order valence-corrected chi connectivity index (χ2v) is 8.62. The molecule has 1 fully saturated rings. The zero-order chi connectivity index (χ0) is 24.3. The van der Waals surface area contributed by atoms with Crippen LogP contribution in [0.4, 0.5) is 13.2 Å². The average molecular weight is 480 g/mol. The molecule has 1 aromatic heterocycles. The van der Waals surface area contributed by atoms with E-state index in [4.69, 9.17) is 9.47 Å². The number of alkyl halides is 3. The molecule has 0 spiro atoms. The van der Waals surface area contributed by atoms with E-state index >= 15 is 0 Å². The van der Waals surface area contributed by atoms with Gasteiger partial charge in [0.2, 0.25) is 5.82 Å². The largest absolute Gasteiger partial charge is 0.416 e. The first-order chi connectivity index (χ1) is 16.9. The molecule has 2 heterocycles. The molecule has 5 rings (SSSR count). The standard InChI is InChI=1S/C26H23F3N4O2/c27-26(28,29)22-12-10-19(11-13-22)14-21-8-4-5-9-23(21)24-30-32-33(31-24)16-25(17-34-18-25)35-15-20-6-2-1-3-7-20/h1-13H,14-18H2. The van der Waals surface area contributed by atoms with Gasteiger partial charge in [-0.1, -0.05) is 66.7 Å². The quantitative estimate of drug-likeness (QED) is 0.358. The smallest absolute Gasteiger partial charge is 0.375 e. The molecule has 35 heavy (non-hydrogen) atoms. The lowest BCUT2D eigenvalue weighted by Gasteiger charge is -2.40. The summed E-state index contributed by atoms with van der Waals surface area (Å²) in [4.78, 5) is 1.51. The summed E-state index contributed by atoms with van der Waals surface area (Å²) < 4.78 is 50.2. The van der Waals surface area contributed by atoms with Gasteiger partial charge in [0.05, 0.1) is 31.9 Å². The van der Waals surface area contributed by atoms with E-state index in [1.54, 1.807) is 0 Å². The molecule has 0 saturated carbocycles. The maximum absolute atomic E-state index is 12.9. The molecule has 9 heteroatoms. The molecule has 0 unspecified atom stereocenters. The highest BCUT2D eigenvalue weighted by atomic mass is 19.4. The van der Waals surface area contributed by atoms with E-state index in [2.05, 4.69) is 15.4 Å². The molecule has 0 atom stereocenters. The molecule has 180 valence electrons. The predicted molar refractivity (Wildman–Crippen MR) is 122 cm³/mol. The first-order valence-electron chi connectivity index (χ1n) is 11.2. The van der Waals surface area contributed by atoms with Crippen molar-refractivity contribution in [3.8, 4) is 11.4 Å². The number of hydrogen-bond acceptors (Lipinski definition) is 5. The summed E-state index contributed by atoms with van der Waals surface area (Å²) >= 11 is 0. The molecular formula is C26H23F3N4O2. The fraction of sp³-hybridized carbons (Fsp3) is 0.269. The van der Waals surface area contributed by atoms with Gasteiger partial charge >= 0.3 is 6.18 Å². The minimum Gasteiger partial charge on any atom is -0.375 e. The van der Waals surface area contributed by atoms with Crippen molar-refractivity contribution >= 4 is 0 Å². The molecule has 0 aliphatic carbocycles. The van der Waals surface area contributed by atoms with Crippen molar-refractivity contribution in [1.29, 1.82) is 0 Å². The third-order valence-electron chi connectivity index (χ3n) is 5.93. The maximum atomic E-state index is 12.9. The third kappa shape index (κ3) is 5.41. The highest BCUT2D eigenvalue weighted by Gasteiger charge is 2.41. The number of hydrogen-bond donors (Lipinski definition) is 0. The number of tetrazole rings is 1. The number of aromatic nitrogens is 4. The Balaban J connectivity index is 1.30. The molecular weight excluding hydrogens is 457 g/mol. The van der Waals surface area contributed by atoms with Crippen LogP contribution in [0, 0.1) is 0 Å². The Morgan fingerprint density at radius 1 is 0.886 bits per heavy atom. The van der Waals surface area contributed by atoms with E-state index in [-0.39, 0.29) is 0 Å². The van der Waals surface area contributed by atoms with Crippen molar-refractivity contribution in [2.75, 3.05) is 13.2 Å². The maximum Gasteiger partial charge on any atom is 0.416 e. The van der Waals surface area contributed by atoms with Gasteiger partial charge in [-0.05, 0) is 40.5 Å². The Bertz CT molecular complexity index is 1270. The lowest BCUT2D eigenvalue weighted by atomic mass is 9.98. The summed E-state index contributed by atoms with van der Waals surface area (Å²) in [5.74, 6) is 0.450. The van der Waals surface area contributed by atoms with Crippen LogP contribution in [0.3, 0.4) is 0 Å². The predicted octanol–water partition coefficient (Wildman–Crippen LogP) is 4.94. The van der Waals surface area contributed by atoms with Gasteiger partial charge in [0.15, 0.2) is 0 Å². The van der Waals surface area contributed by atoms with Crippen LogP contribution in [0.15, 0.2) is 78.9 Å². The summed E-state index contributed by atoms with van der Waals surface area (Å²) in [6, 6.07) is 22.6. The molecule has 4 aromatic rings. The highest BCUT2D eigenvalue weighted by molar-refractivity contribution is 5.60. The van der Waals surface area contributed by atoms with Gasteiger partial charge in [0.1, 0.15) is 5.60 Å². The SMILES string of the molecule is FC(F)(F)c1ccc(Cc2ccccc2-c2nnn(CC3(OCc4ccccc4)COC3)n2)cc1. The van der Waals surface area contributed by atoms with Crippen molar-refractivity contribution in [2.45, 2.75) is 31.3 Å². The van der Waals surface area contributed by atoms with Crippen molar-refractivity contribution in [2.24, 2.45) is 0 Å². The van der Waals surface area contributed by atoms with Crippen molar-refractivity contribution < 1.29 is 22.6 Å². The Morgan fingerprint density at radius 2 is 1.60 bits per heavy atom. The normalized spacial score (nSPS) is 15.1. The van der Waals surface area contributed by atoms with Crippen LogP contribution in [-0.2, 0) is 35.2 Å². The minimum atomic E-state index is -4.35. The Morgan fingerprint density at radius 3 is 2.29 bits per heavy atom. The van der Waals surface area contributed by atoms with E-state index < -0.39 is 17.3 Å². The zero-order valence-corrected chi connectivity index (χ0v) is 18.8. The summed E-state index contributed by atoms with van der Waals surface area (Å²) in [6.45, 7) is 1.75. The van der Waals surface area contributed by atoms with Crippen LogP contribution in [0.25, 0.3) is 11.4 Å². The number of halogens is 3. The van der Waals surface area contributed by atoms with Crippen LogP contribution >= 0.6 is 0 Å². The molecule has 6 nitrogen and oxygen atoms in total. The zero-order valence-electron chi connectivity index (χ0n) is 18.8. The highest BCUT2D eigenvalue weighted by Crippen LogP contribution is 2.30.